The third kappa shape index (κ3) is 37.1. The Morgan fingerprint density at radius 3 is 0.664 bits per heavy atom. The summed E-state index contributed by atoms with van der Waals surface area (Å²) in [6.45, 7) is 19.8. The molecule has 21 rings (SSSR count). The first-order valence-corrected chi connectivity index (χ1v) is 47.9. The van der Waals surface area contributed by atoms with E-state index in [1.807, 2.05) is 232 Å². The van der Waals surface area contributed by atoms with E-state index in [1.165, 1.54) is 83.5 Å². The van der Waals surface area contributed by atoms with E-state index in [9.17, 15) is 0 Å². The molecule has 0 saturated heterocycles. The van der Waals surface area contributed by atoms with E-state index in [-0.39, 0.29) is 101 Å². The predicted molar refractivity (Wildman–Crippen MR) is 585 cm³/mol. The maximum atomic E-state index is 4.52. The topological polar surface area (TPSA) is 103 Å². The third-order valence-electron chi connectivity index (χ3n) is 22.6. The smallest absolute Gasteiger partial charge is 0.0190 e. The Morgan fingerprint density at radius 2 is 0.425 bits per heavy atom. The molecule has 0 aliphatic carbocycles. The molecular weight excluding hydrogens is 2670 g/mol. The molecule has 21 aromatic rings. The number of hydrogen-bond donors (Lipinski definition) is 0. The zero-order valence-corrected chi connectivity index (χ0v) is 95.1. The summed E-state index contributed by atoms with van der Waals surface area (Å²) in [5.41, 5.74) is 34.7. The van der Waals surface area contributed by atoms with Crippen molar-refractivity contribution in [3.05, 3.63) is 557 Å². The molecule has 5 radical (unpaired) electrons. The van der Waals surface area contributed by atoms with Crippen LogP contribution in [0.15, 0.2) is 480 Å². The first-order chi connectivity index (χ1) is 69.1. The van der Waals surface area contributed by atoms with Crippen LogP contribution in [-0.2, 0) is 113 Å². The summed E-state index contributed by atoms with van der Waals surface area (Å²) in [6, 6.07) is 171. The minimum absolute atomic E-state index is 0. The third-order valence-corrected chi connectivity index (χ3v) is 22.6. The van der Waals surface area contributed by atoms with Gasteiger partial charge in [-0.3, -0.25) is 0 Å². The van der Waals surface area contributed by atoms with Crippen LogP contribution in [0.25, 0.3) is 146 Å². The standard InChI is InChI=1S/2C21H20N.2C20H18N.C18H14N.3C11H8N.5Ir/c2*1-16(2)13-17-11-12-22-21(14-17)20-10-6-9-19(15-20)18-7-4-3-5-8-18;2*1-15(2)17-11-12-21-20(14-17)19-10-6-9-18(13-19)16-7-4-3-5-8-16;1-14-10-11-18(19-13-14)17-9-5-8-16(12-17)15-6-3-2-4-7-15;3*1-2-6-10(7-3-1)11-8-4-5-9-12-11;;;;;/h2*3-9,11-12,14-16H,13H2,1-2H3;2*3-9,11-15H,1-2H3;2-8,10-13H,1H3;3*1-6,8-9H;;;;;/q8*-1;;;;;. The molecule has 0 aliphatic rings. The average molecular weight is 2790 g/mol. The summed E-state index contributed by atoms with van der Waals surface area (Å²) < 4.78 is 0. The quantitative estimate of drug-likeness (QED) is 0.0738. The van der Waals surface area contributed by atoms with Gasteiger partial charge in [0.25, 0.3) is 0 Å². The van der Waals surface area contributed by atoms with Crippen LogP contribution >= 0.6 is 0 Å². The molecule has 146 heavy (non-hydrogen) atoms. The van der Waals surface area contributed by atoms with Crippen LogP contribution in [0, 0.1) is 67.3 Å². The summed E-state index contributed by atoms with van der Waals surface area (Å²) in [5, 5.41) is 0. The summed E-state index contributed by atoms with van der Waals surface area (Å²) in [4.78, 5) is 35.1. The molecule has 8 heterocycles. The first-order valence-electron chi connectivity index (χ1n) is 47.9. The molecule has 0 spiro atoms. The van der Waals surface area contributed by atoms with Gasteiger partial charge in [0.05, 0.1) is 0 Å². The van der Waals surface area contributed by atoms with Gasteiger partial charge in [-0.2, -0.15) is 0 Å². The van der Waals surface area contributed by atoms with Crippen LogP contribution in [-0.4, -0.2) is 39.9 Å². The van der Waals surface area contributed by atoms with Crippen molar-refractivity contribution >= 4 is 0 Å². The fourth-order valence-electron chi connectivity index (χ4n) is 15.3. The number of nitrogens with zero attached hydrogens (tertiary/aromatic N) is 8. The van der Waals surface area contributed by atoms with Gasteiger partial charge in [0, 0.05) is 150 Å². The average Bonchev–Trinajstić information content (AvgIpc) is 1.63. The van der Waals surface area contributed by atoms with Gasteiger partial charge in [0.1, 0.15) is 0 Å². The molecule has 0 atom stereocenters. The SMILES string of the molecule is CC(C)Cc1ccnc(-c2[c-]ccc(-c3ccccc3)c2)c1.CC(C)Cc1ccnc(-c2[c-]ccc(-c3ccccc3)c2)c1.CC(C)c1ccnc(-c2[c-]ccc(-c3ccccc3)c2)c1.CC(C)c1ccnc(-c2[c-]ccc(-c3ccccc3)c2)c1.Cc1ccc(-c2[c-]ccc(-c3ccccc3)c2)nc1.[Ir].[Ir].[Ir].[Ir].[Ir].[c-]1ccccc1-c1ccccn1.[c-]1ccccc1-c1ccccn1.[c-]1ccccc1-c1ccccn1. The second-order valence-electron chi connectivity index (χ2n) is 35.0. The van der Waals surface area contributed by atoms with Gasteiger partial charge in [-0.05, 0) is 165 Å². The number of hydrogen-bond acceptors (Lipinski definition) is 8. The molecule has 0 saturated carbocycles. The van der Waals surface area contributed by atoms with Crippen molar-refractivity contribution in [1.82, 2.24) is 39.9 Å². The Kier molecular flexibility index (Phi) is 49.9. The van der Waals surface area contributed by atoms with Crippen LogP contribution < -0.4 is 0 Å². The van der Waals surface area contributed by atoms with Crippen LogP contribution in [0.2, 0.25) is 0 Å². The molecule has 739 valence electrons. The van der Waals surface area contributed by atoms with E-state index < -0.39 is 0 Å². The Hall–Kier alpha value is -13.7. The molecular formula is C133H114Ir5N8-8. The van der Waals surface area contributed by atoms with Gasteiger partial charge in [-0.25, -0.2) is 0 Å². The van der Waals surface area contributed by atoms with Gasteiger partial charge < -0.3 is 39.9 Å². The molecule has 0 unspecified atom stereocenters. The van der Waals surface area contributed by atoms with Gasteiger partial charge in [-0.1, -0.05) is 302 Å². The van der Waals surface area contributed by atoms with Gasteiger partial charge in [-0.15, -0.1) is 285 Å². The van der Waals surface area contributed by atoms with Crippen molar-refractivity contribution in [1.29, 1.82) is 0 Å². The van der Waals surface area contributed by atoms with E-state index in [0.29, 0.717) is 23.7 Å². The molecule has 0 amide bonds. The predicted octanol–water partition coefficient (Wildman–Crippen LogP) is 33.7. The van der Waals surface area contributed by atoms with Crippen LogP contribution in [0.1, 0.15) is 95.0 Å². The van der Waals surface area contributed by atoms with Gasteiger partial charge in [0.15, 0.2) is 0 Å². The Bertz CT molecular complexity index is 6700. The zero-order valence-electron chi connectivity index (χ0n) is 83.1. The van der Waals surface area contributed by atoms with Crippen molar-refractivity contribution in [3.63, 3.8) is 0 Å². The Labute approximate surface area is 932 Å². The van der Waals surface area contributed by atoms with Gasteiger partial charge in [0.2, 0.25) is 0 Å². The van der Waals surface area contributed by atoms with Crippen molar-refractivity contribution in [2.24, 2.45) is 11.8 Å². The van der Waals surface area contributed by atoms with E-state index >= 15 is 0 Å². The normalized spacial score (nSPS) is 10.1. The zero-order chi connectivity index (χ0) is 97.8. The van der Waals surface area contributed by atoms with E-state index in [2.05, 4.69) is 380 Å². The van der Waals surface area contributed by atoms with Crippen LogP contribution in [0.4, 0.5) is 0 Å². The summed E-state index contributed by atoms with van der Waals surface area (Å²) in [5.74, 6) is 2.30. The van der Waals surface area contributed by atoms with Crippen molar-refractivity contribution in [2.75, 3.05) is 0 Å². The van der Waals surface area contributed by atoms with E-state index in [4.69, 9.17) is 0 Å². The Balaban J connectivity index is 0.000000187. The maximum absolute atomic E-state index is 4.52. The maximum Gasteiger partial charge on any atom is 0.0190 e. The molecule has 8 aromatic heterocycles. The van der Waals surface area contributed by atoms with Crippen LogP contribution in [0.5, 0.6) is 0 Å². The second kappa shape index (κ2) is 62.9. The molecule has 0 N–H and O–H groups in total. The fraction of sp³-hybridized carbons (Fsp3) is 0.113. The van der Waals surface area contributed by atoms with Crippen molar-refractivity contribution in [2.45, 2.75) is 87.0 Å². The monoisotopic (exact) mass is 2790 g/mol. The summed E-state index contributed by atoms with van der Waals surface area (Å²) in [6.07, 6.45) is 17.0. The van der Waals surface area contributed by atoms with Gasteiger partial charge >= 0.3 is 0 Å². The number of aromatic nitrogens is 8. The number of rotatable bonds is 19. The number of aryl methyl sites for hydroxylation is 1. The summed E-state index contributed by atoms with van der Waals surface area (Å²) >= 11 is 0. The number of pyridine rings is 8. The number of benzene rings is 13. The molecule has 8 nitrogen and oxygen atoms in total. The molecule has 0 aliphatic heterocycles. The fourth-order valence-corrected chi connectivity index (χ4v) is 15.3. The van der Waals surface area contributed by atoms with Crippen molar-refractivity contribution in [3.8, 4) is 146 Å². The van der Waals surface area contributed by atoms with E-state index in [1.54, 1.807) is 18.6 Å². The molecule has 0 fully saturated rings. The minimum atomic E-state index is 0. The van der Waals surface area contributed by atoms with Crippen molar-refractivity contribution < 1.29 is 101 Å². The largest absolute Gasteiger partial charge is 0.305 e. The molecule has 13 aromatic carbocycles. The van der Waals surface area contributed by atoms with Crippen LogP contribution in [0.3, 0.4) is 0 Å². The molecule has 0 bridgehead atoms. The summed E-state index contributed by atoms with van der Waals surface area (Å²) in [7, 11) is 0. The molecule has 13 heteroatoms. The minimum Gasteiger partial charge on any atom is -0.305 e. The van der Waals surface area contributed by atoms with E-state index in [0.717, 1.165) is 103 Å². The Morgan fingerprint density at radius 1 is 0.185 bits per heavy atom. The first kappa shape index (κ1) is 116. The second-order valence-corrected chi connectivity index (χ2v) is 35.0.